The van der Waals surface area contributed by atoms with Crippen LogP contribution in [-0.2, 0) is 0 Å². The highest BCUT2D eigenvalue weighted by Gasteiger charge is 2.35. The third kappa shape index (κ3) is 4.10. The molecular formula is C24H24F2N6O. The molecule has 0 atom stereocenters. The van der Waals surface area contributed by atoms with Crippen molar-refractivity contribution in [1.29, 1.82) is 0 Å². The lowest BCUT2D eigenvalue weighted by molar-refractivity contribution is -0.0494. The number of fused-ring (bicyclic) bond motifs is 1. The second-order valence-electron chi connectivity index (χ2n) is 8.72. The fourth-order valence-electron chi connectivity index (χ4n) is 4.00. The highest BCUT2D eigenvalue weighted by molar-refractivity contribution is 5.97. The number of rotatable bonds is 4. The van der Waals surface area contributed by atoms with E-state index in [0.717, 1.165) is 22.5 Å². The van der Waals surface area contributed by atoms with Crippen molar-refractivity contribution in [2.75, 3.05) is 13.1 Å². The number of aromatic amines is 1. The van der Waals surface area contributed by atoms with E-state index >= 15 is 0 Å². The molecule has 1 saturated heterocycles. The number of benzene rings is 1. The van der Waals surface area contributed by atoms with Gasteiger partial charge < -0.3 is 9.47 Å². The topological polar surface area (TPSA) is 79.7 Å². The summed E-state index contributed by atoms with van der Waals surface area (Å²) in [5.41, 5.74) is 2.94. The number of nitrogens with zero attached hydrogens (tertiary/aromatic N) is 5. The summed E-state index contributed by atoms with van der Waals surface area (Å²) in [6, 6.07) is 11.5. The molecule has 7 nitrogen and oxygen atoms in total. The second kappa shape index (κ2) is 8.06. The zero-order valence-electron chi connectivity index (χ0n) is 18.4. The van der Waals surface area contributed by atoms with E-state index in [1.54, 1.807) is 6.07 Å². The summed E-state index contributed by atoms with van der Waals surface area (Å²) in [5.74, 6) is -1.17. The van der Waals surface area contributed by atoms with Crippen LogP contribution in [0.4, 0.5) is 8.78 Å². The van der Waals surface area contributed by atoms with Crippen LogP contribution in [-0.4, -0.2) is 54.6 Å². The Morgan fingerprint density at radius 3 is 2.52 bits per heavy atom. The third-order valence-corrected chi connectivity index (χ3v) is 6.01. The molecule has 1 aliphatic rings. The SMILES string of the molecule is CC(C)c1nc(-c2ccc(-n3ccc4cc(C(=O)N5CCC(F)(F)CC5)cnc43)cc2)n[nH]1. The summed E-state index contributed by atoms with van der Waals surface area (Å²) < 4.78 is 28.8. The number of hydrogen-bond donors (Lipinski definition) is 1. The molecule has 5 rings (SSSR count). The van der Waals surface area contributed by atoms with E-state index < -0.39 is 5.92 Å². The first-order valence-corrected chi connectivity index (χ1v) is 11.0. The predicted molar refractivity (Wildman–Crippen MR) is 121 cm³/mol. The molecule has 0 bridgehead atoms. The van der Waals surface area contributed by atoms with Gasteiger partial charge >= 0.3 is 0 Å². The molecule has 1 fully saturated rings. The molecule has 0 radical (unpaired) electrons. The van der Waals surface area contributed by atoms with Gasteiger partial charge in [0.2, 0.25) is 0 Å². The van der Waals surface area contributed by atoms with E-state index in [0.29, 0.717) is 17.0 Å². The number of likely N-dealkylation sites (tertiary alicyclic amines) is 1. The standard InChI is InChI=1S/C24H24F2N6O/c1-15(2)20-28-21(30-29-20)16-3-5-19(6-4-16)32-10-7-17-13-18(14-27-22(17)32)23(33)31-11-8-24(25,26)9-12-31/h3-7,10,13-15H,8-9,11-12H2,1-2H3,(H,28,29,30). The maximum absolute atomic E-state index is 13.4. The van der Waals surface area contributed by atoms with Crippen molar-refractivity contribution in [3.63, 3.8) is 0 Å². The molecule has 4 heterocycles. The molecule has 0 saturated carbocycles. The Bertz CT molecular complexity index is 1300. The van der Waals surface area contributed by atoms with Crippen molar-refractivity contribution in [2.45, 2.75) is 38.5 Å². The van der Waals surface area contributed by atoms with Crippen LogP contribution in [0.25, 0.3) is 28.1 Å². The Balaban J connectivity index is 1.37. The van der Waals surface area contributed by atoms with Crippen LogP contribution < -0.4 is 0 Å². The Kier molecular flexibility index (Phi) is 5.19. The average Bonchev–Trinajstić information content (AvgIpc) is 3.46. The first kappa shape index (κ1) is 21.2. The molecule has 0 spiro atoms. The number of amides is 1. The molecule has 4 aromatic rings. The summed E-state index contributed by atoms with van der Waals surface area (Å²) in [6.45, 7) is 4.23. The minimum absolute atomic E-state index is 0.0563. The molecule has 1 amide bonds. The van der Waals surface area contributed by atoms with Crippen LogP contribution in [0.1, 0.15) is 48.8 Å². The lowest BCUT2D eigenvalue weighted by atomic mass is 10.1. The number of halogens is 2. The molecule has 33 heavy (non-hydrogen) atoms. The maximum atomic E-state index is 13.4. The molecule has 0 aliphatic carbocycles. The van der Waals surface area contributed by atoms with Gasteiger partial charge in [-0.15, -0.1) is 0 Å². The fraction of sp³-hybridized carbons (Fsp3) is 0.333. The van der Waals surface area contributed by atoms with Gasteiger partial charge in [0.1, 0.15) is 11.5 Å². The highest BCUT2D eigenvalue weighted by Crippen LogP contribution is 2.29. The van der Waals surface area contributed by atoms with Crippen molar-refractivity contribution in [1.82, 2.24) is 29.6 Å². The number of carbonyl (C=O) groups is 1. The second-order valence-corrected chi connectivity index (χ2v) is 8.72. The quantitative estimate of drug-likeness (QED) is 0.484. The number of alkyl halides is 2. The summed E-state index contributed by atoms with van der Waals surface area (Å²) in [4.78, 5) is 23.3. The van der Waals surface area contributed by atoms with Crippen LogP contribution in [0, 0.1) is 0 Å². The van der Waals surface area contributed by atoms with E-state index in [9.17, 15) is 13.6 Å². The van der Waals surface area contributed by atoms with Gasteiger partial charge in [0.15, 0.2) is 5.82 Å². The first-order valence-electron chi connectivity index (χ1n) is 11.0. The summed E-state index contributed by atoms with van der Waals surface area (Å²) in [6.07, 6.45) is 2.82. The highest BCUT2D eigenvalue weighted by atomic mass is 19.3. The van der Waals surface area contributed by atoms with Crippen molar-refractivity contribution in [2.24, 2.45) is 0 Å². The van der Waals surface area contributed by atoms with Crippen molar-refractivity contribution < 1.29 is 13.6 Å². The number of nitrogens with one attached hydrogen (secondary N) is 1. The Hall–Kier alpha value is -3.62. The minimum atomic E-state index is -2.68. The number of aromatic nitrogens is 5. The van der Waals surface area contributed by atoms with Crippen LogP contribution in [0.2, 0.25) is 0 Å². The lowest BCUT2D eigenvalue weighted by Crippen LogP contribution is -2.42. The van der Waals surface area contributed by atoms with Crippen LogP contribution >= 0.6 is 0 Å². The number of piperidine rings is 1. The number of pyridine rings is 1. The predicted octanol–water partition coefficient (Wildman–Crippen LogP) is 4.81. The summed E-state index contributed by atoms with van der Waals surface area (Å²) in [7, 11) is 0. The average molecular weight is 450 g/mol. The van der Waals surface area contributed by atoms with Crippen LogP contribution in [0.3, 0.4) is 0 Å². The van der Waals surface area contributed by atoms with E-state index in [2.05, 4.69) is 34.0 Å². The number of carbonyl (C=O) groups excluding carboxylic acids is 1. The van der Waals surface area contributed by atoms with Crippen molar-refractivity contribution >= 4 is 16.9 Å². The Labute approximate surface area is 189 Å². The third-order valence-electron chi connectivity index (χ3n) is 6.01. The Morgan fingerprint density at radius 1 is 1.12 bits per heavy atom. The van der Waals surface area contributed by atoms with E-state index in [4.69, 9.17) is 0 Å². The molecule has 0 unspecified atom stereocenters. The fourth-order valence-corrected chi connectivity index (χ4v) is 4.00. The lowest BCUT2D eigenvalue weighted by Gasteiger charge is -2.31. The molecule has 1 N–H and O–H groups in total. The summed E-state index contributed by atoms with van der Waals surface area (Å²) in [5, 5.41) is 8.07. The monoisotopic (exact) mass is 450 g/mol. The van der Waals surface area contributed by atoms with Gasteiger partial charge in [0.25, 0.3) is 11.8 Å². The van der Waals surface area contributed by atoms with Gasteiger partial charge in [0.05, 0.1) is 5.56 Å². The molecule has 1 aromatic carbocycles. The molecular weight excluding hydrogens is 426 g/mol. The van der Waals surface area contributed by atoms with Gasteiger partial charge in [-0.2, -0.15) is 5.10 Å². The molecule has 3 aromatic heterocycles. The minimum Gasteiger partial charge on any atom is -0.338 e. The summed E-state index contributed by atoms with van der Waals surface area (Å²) >= 11 is 0. The zero-order valence-corrected chi connectivity index (χ0v) is 18.4. The van der Waals surface area contributed by atoms with Crippen molar-refractivity contribution in [3.05, 3.63) is 60.2 Å². The Morgan fingerprint density at radius 2 is 1.85 bits per heavy atom. The smallest absolute Gasteiger partial charge is 0.255 e. The van der Waals surface area contributed by atoms with E-state index in [-0.39, 0.29) is 37.8 Å². The molecule has 170 valence electrons. The molecule has 9 heteroatoms. The van der Waals surface area contributed by atoms with Crippen molar-refractivity contribution in [3.8, 4) is 17.1 Å². The van der Waals surface area contributed by atoms with Gasteiger partial charge in [-0.05, 0) is 36.4 Å². The zero-order chi connectivity index (χ0) is 23.2. The van der Waals surface area contributed by atoms with Gasteiger partial charge in [0, 0.05) is 60.9 Å². The van der Waals surface area contributed by atoms with E-state index in [1.807, 2.05) is 41.1 Å². The van der Waals surface area contributed by atoms with E-state index in [1.165, 1.54) is 11.1 Å². The van der Waals surface area contributed by atoms with Gasteiger partial charge in [-0.3, -0.25) is 9.89 Å². The first-order chi connectivity index (χ1) is 15.8. The normalized spacial score (nSPS) is 16.0. The van der Waals surface area contributed by atoms with Gasteiger partial charge in [-0.25, -0.2) is 18.7 Å². The molecule has 1 aliphatic heterocycles. The van der Waals surface area contributed by atoms with Gasteiger partial charge in [-0.1, -0.05) is 13.8 Å². The number of H-pyrrole nitrogens is 1. The largest absolute Gasteiger partial charge is 0.338 e. The van der Waals surface area contributed by atoms with Crippen LogP contribution in [0.5, 0.6) is 0 Å². The maximum Gasteiger partial charge on any atom is 0.255 e. The van der Waals surface area contributed by atoms with Crippen LogP contribution in [0.15, 0.2) is 48.8 Å². The number of hydrogen-bond acceptors (Lipinski definition) is 4.